The number of carbonyl (C=O) groups excluding carboxylic acids is 1. The van der Waals surface area contributed by atoms with Crippen LogP contribution in [0.4, 0.5) is 0 Å². The maximum absolute atomic E-state index is 12.2. The van der Waals surface area contributed by atoms with Gasteiger partial charge >= 0.3 is 0 Å². The van der Waals surface area contributed by atoms with Crippen LogP contribution in [0.2, 0.25) is 0 Å². The summed E-state index contributed by atoms with van der Waals surface area (Å²) in [6.07, 6.45) is 2.99. The third-order valence-corrected chi connectivity index (χ3v) is 4.91. The molecule has 0 bridgehead atoms. The Balaban J connectivity index is 0.00000120. The number of likely N-dealkylation sites (tertiary alicyclic amines) is 1. The van der Waals surface area contributed by atoms with Crippen molar-refractivity contribution in [3.8, 4) is 0 Å². The minimum absolute atomic E-state index is 0. The Morgan fingerprint density at radius 2 is 2.39 bits per heavy atom. The SMILES string of the molecule is Cl.O=C(Cc1cccs1)N1CCC2(CCNC2)C1. The quantitative estimate of drug-likeness (QED) is 0.901. The van der Waals surface area contributed by atoms with Gasteiger partial charge in [0.25, 0.3) is 0 Å². The molecule has 5 heteroatoms. The summed E-state index contributed by atoms with van der Waals surface area (Å²) in [5.74, 6) is 0.302. The molecule has 1 amide bonds. The van der Waals surface area contributed by atoms with Crippen LogP contribution in [0, 0.1) is 5.41 Å². The van der Waals surface area contributed by atoms with Gasteiger partial charge in [0.2, 0.25) is 5.91 Å². The van der Waals surface area contributed by atoms with Crippen molar-refractivity contribution in [3.05, 3.63) is 22.4 Å². The number of amides is 1. The smallest absolute Gasteiger partial charge is 0.227 e. The summed E-state index contributed by atoms with van der Waals surface area (Å²) in [5, 5.41) is 5.46. The highest BCUT2D eigenvalue weighted by molar-refractivity contribution is 7.10. The predicted molar refractivity (Wildman–Crippen MR) is 76.4 cm³/mol. The third kappa shape index (κ3) is 2.71. The number of nitrogens with one attached hydrogen (secondary N) is 1. The summed E-state index contributed by atoms with van der Waals surface area (Å²) in [6.45, 7) is 4.12. The molecule has 3 heterocycles. The Hall–Kier alpha value is -0.580. The molecule has 1 N–H and O–H groups in total. The molecule has 2 saturated heterocycles. The van der Waals surface area contributed by atoms with E-state index in [1.807, 2.05) is 17.5 Å². The molecule has 0 aromatic carbocycles. The van der Waals surface area contributed by atoms with Crippen LogP contribution in [0.5, 0.6) is 0 Å². The number of carbonyl (C=O) groups is 1. The second-order valence-electron chi connectivity index (χ2n) is 5.25. The highest BCUT2D eigenvalue weighted by Gasteiger charge is 2.41. The molecule has 1 aromatic heterocycles. The van der Waals surface area contributed by atoms with Crippen LogP contribution in [0.15, 0.2) is 17.5 Å². The van der Waals surface area contributed by atoms with Gasteiger partial charge in [0.1, 0.15) is 0 Å². The molecule has 3 nitrogen and oxygen atoms in total. The lowest BCUT2D eigenvalue weighted by molar-refractivity contribution is -0.129. The Bertz CT molecular complexity index is 401. The van der Waals surface area contributed by atoms with Crippen molar-refractivity contribution in [1.29, 1.82) is 0 Å². The maximum Gasteiger partial charge on any atom is 0.227 e. The first-order valence-electron chi connectivity index (χ1n) is 6.28. The number of halogens is 1. The Morgan fingerprint density at radius 3 is 3.06 bits per heavy atom. The Kier molecular flexibility index (Phi) is 4.30. The summed E-state index contributed by atoms with van der Waals surface area (Å²) in [4.78, 5) is 15.4. The van der Waals surface area contributed by atoms with Crippen molar-refractivity contribution < 1.29 is 4.79 Å². The van der Waals surface area contributed by atoms with Gasteiger partial charge in [-0.2, -0.15) is 0 Å². The second kappa shape index (κ2) is 5.59. The van der Waals surface area contributed by atoms with Crippen LogP contribution in [0.1, 0.15) is 17.7 Å². The van der Waals surface area contributed by atoms with Gasteiger partial charge < -0.3 is 10.2 Å². The fourth-order valence-corrected chi connectivity index (χ4v) is 3.66. The summed E-state index contributed by atoms with van der Waals surface area (Å²) in [5.41, 5.74) is 0.394. The van der Waals surface area contributed by atoms with Gasteiger partial charge in [0, 0.05) is 29.9 Å². The topological polar surface area (TPSA) is 32.3 Å². The second-order valence-corrected chi connectivity index (χ2v) is 6.28. The lowest BCUT2D eigenvalue weighted by Crippen LogP contribution is -2.34. The molecule has 0 radical (unpaired) electrons. The summed E-state index contributed by atoms with van der Waals surface area (Å²) in [6, 6.07) is 4.06. The average Bonchev–Trinajstić information content (AvgIpc) is 3.03. The van der Waals surface area contributed by atoms with E-state index in [-0.39, 0.29) is 12.4 Å². The summed E-state index contributed by atoms with van der Waals surface area (Å²) >= 11 is 1.67. The number of rotatable bonds is 2. The maximum atomic E-state index is 12.2. The molecule has 0 aliphatic carbocycles. The number of hydrogen-bond acceptors (Lipinski definition) is 3. The lowest BCUT2D eigenvalue weighted by atomic mass is 9.87. The van der Waals surface area contributed by atoms with E-state index in [0.717, 1.165) is 26.2 Å². The standard InChI is InChI=1S/C13H18N2OS.ClH/c16-12(8-11-2-1-7-17-11)15-6-4-13(10-15)3-5-14-9-13;/h1-2,7,14H,3-6,8-10H2;1H. The molecule has 2 fully saturated rings. The first kappa shape index (κ1) is 13.8. The minimum Gasteiger partial charge on any atom is -0.342 e. The molecule has 2 aliphatic heterocycles. The van der Waals surface area contributed by atoms with E-state index in [1.54, 1.807) is 11.3 Å². The molecular weight excluding hydrogens is 268 g/mol. The largest absolute Gasteiger partial charge is 0.342 e. The first-order valence-corrected chi connectivity index (χ1v) is 7.16. The fraction of sp³-hybridized carbons (Fsp3) is 0.615. The monoisotopic (exact) mass is 286 g/mol. The van der Waals surface area contributed by atoms with Crippen molar-refractivity contribution in [3.63, 3.8) is 0 Å². The van der Waals surface area contributed by atoms with E-state index in [0.29, 0.717) is 17.7 Å². The van der Waals surface area contributed by atoms with Crippen LogP contribution >= 0.6 is 23.7 Å². The van der Waals surface area contributed by atoms with Crippen LogP contribution < -0.4 is 5.32 Å². The number of thiophene rings is 1. The normalized spacial score (nSPS) is 26.6. The van der Waals surface area contributed by atoms with E-state index in [9.17, 15) is 4.79 Å². The van der Waals surface area contributed by atoms with Crippen molar-refractivity contribution in [2.75, 3.05) is 26.2 Å². The molecule has 1 aromatic rings. The first-order chi connectivity index (χ1) is 8.27. The zero-order chi connectivity index (χ0) is 11.7. The molecule has 1 atom stereocenters. The zero-order valence-corrected chi connectivity index (χ0v) is 12.0. The predicted octanol–water partition coefficient (Wildman–Crippen LogP) is 1.92. The van der Waals surface area contributed by atoms with Gasteiger partial charge in [0.15, 0.2) is 0 Å². The van der Waals surface area contributed by atoms with Gasteiger partial charge in [-0.05, 0) is 30.8 Å². The summed E-state index contributed by atoms with van der Waals surface area (Å²) < 4.78 is 0. The number of nitrogens with zero attached hydrogens (tertiary/aromatic N) is 1. The highest BCUT2D eigenvalue weighted by atomic mass is 35.5. The third-order valence-electron chi connectivity index (χ3n) is 4.03. The molecule has 0 saturated carbocycles. The molecule has 1 spiro atoms. The lowest BCUT2D eigenvalue weighted by Gasteiger charge is -2.22. The van der Waals surface area contributed by atoms with Crippen LogP contribution in [0.25, 0.3) is 0 Å². The van der Waals surface area contributed by atoms with E-state index in [2.05, 4.69) is 10.2 Å². The Labute approximate surface area is 118 Å². The molecule has 1 unspecified atom stereocenters. The molecule has 2 aliphatic rings. The molecule has 18 heavy (non-hydrogen) atoms. The minimum atomic E-state index is 0. The molecule has 100 valence electrons. The van der Waals surface area contributed by atoms with Crippen molar-refractivity contribution in [1.82, 2.24) is 10.2 Å². The van der Waals surface area contributed by atoms with Gasteiger partial charge in [-0.15, -0.1) is 23.7 Å². The van der Waals surface area contributed by atoms with E-state index >= 15 is 0 Å². The van der Waals surface area contributed by atoms with Crippen LogP contribution in [-0.2, 0) is 11.2 Å². The average molecular weight is 287 g/mol. The van der Waals surface area contributed by atoms with Crippen molar-refractivity contribution in [2.24, 2.45) is 5.41 Å². The van der Waals surface area contributed by atoms with Crippen molar-refractivity contribution >= 4 is 29.7 Å². The van der Waals surface area contributed by atoms with Gasteiger partial charge in [-0.25, -0.2) is 0 Å². The molecular formula is C13H19ClN2OS. The highest BCUT2D eigenvalue weighted by Crippen LogP contribution is 2.36. The number of hydrogen-bond donors (Lipinski definition) is 1. The van der Waals surface area contributed by atoms with E-state index in [4.69, 9.17) is 0 Å². The van der Waals surface area contributed by atoms with Crippen molar-refractivity contribution in [2.45, 2.75) is 19.3 Å². The summed E-state index contributed by atoms with van der Waals surface area (Å²) in [7, 11) is 0. The Morgan fingerprint density at radius 1 is 1.50 bits per heavy atom. The van der Waals surface area contributed by atoms with Crippen LogP contribution in [0.3, 0.4) is 0 Å². The molecule has 3 rings (SSSR count). The van der Waals surface area contributed by atoms with E-state index in [1.165, 1.54) is 17.7 Å². The van der Waals surface area contributed by atoms with E-state index < -0.39 is 0 Å². The van der Waals surface area contributed by atoms with Crippen LogP contribution in [-0.4, -0.2) is 37.0 Å². The fourth-order valence-electron chi connectivity index (χ4n) is 2.97. The van der Waals surface area contributed by atoms with Gasteiger partial charge in [-0.3, -0.25) is 4.79 Å². The zero-order valence-electron chi connectivity index (χ0n) is 10.4. The van der Waals surface area contributed by atoms with Gasteiger partial charge in [0.05, 0.1) is 6.42 Å². The van der Waals surface area contributed by atoms with Gasteiger partial charge in [-0.1, -0.05) is 6.07 Å².